The number of para-hydroxylation sites is 2. The summed E-state index contributed by atoms with van der Waals surface area (Å²) in [6, 6.07) is 18.4. The van der Waals surface area contributed by atoms with Crippen molar-refractivity contribution in [2.24, 2.45) is 0 Å². The third-order valence-corrected chi connectivity index (χ3v) is 5.54. The minimum Gasteiger partial charge on any atom is -0.351 e. The van der Waals surface area contributed by atoms with Crippen molar-refractivity contribution in [2.45, 2.75) is 19.9 Å². The van der Waals surface area contributed by atoms with Crippen molar-refractivity contribution < 1.29 is 4.79 Å². The third-order valence-electron chi connectivity index (χ3n) is 4.62. The Balaban J connectivity index is 1.36. The highest BCUT2D eigenvalue weighted by Gasteiger charge is 2.14. The van der Waals surface area contributed by atoms with E-state index < -0.39 is 0 Å². The van der Waals surface area contributed by atoms with Gasteiger partial charge in [0.1, 0.15) is 0 Å². The molecule has 0 aliphatic heterocycles. The second-order valence-electron chi connectivity index (χ2n) is 6.57. The van der Waals surface area contributed by atoms with Crippen LogP contribution < -0.4 is 5.32 Å². The Hall–Kier alpha value is -2.92. The van der Waals surface area contributed by atoms with E-state index in [9.17, 15) is 4.79 Å². The van der Waals surface area contributed by atoms with Crippen molar-refractivity contribution in [2.75, 3.05) is 6.54 Å². The predicted octanol–water partition coefficient (Wildman–Crippen LogP) is 4.89. The number of hydrogen-bond donors (Lipinski definition) is 1. The van der Waals surface area contributed by atoms with Gasteiger partial charge >= 0.3 is 0 Å². The highest BCUT2D eigenvalue weighted by atomic mass is 32.1. The van der Waals surface area contributed by atoms with Crippen LogP contribution in [0, 0.1) is 6.92 Å². The molecule has 0 saturated carbocycles. The summed E-state index contributed by atoms with van der Waals surface area (Å²) in [5.74, 6) is -0.00364. The normalized spacial score (nSPS) is 11.0. The Bertz CT molecular complexity index is 1060. The molecule has 136 valence electrons. The van der Waals surface area contributed by atoms with Crippen LogP contribution in [0.15, 0.2) is 66.3 Å². The maximum absolute atomic E-state index is 12.6. The van der Waals surface area contributed by atoms with E-state index in [0.717, 1.165) is 40.0 Å². The first kappa shape index (κ1) is 17.5. The van der Waals surface area contributed by atoms with Gasteiger partial charge in [0.05, 0.1) is 22.2 Å². The monoisotopic (exact) mass is 375 g/mol. The summed E-state index contributed by atoms with van der Waals surface area (Å²) in [5, 5.41) is 5.03. The van der Waals surface area contributed by atoms with Crippen molar-refractivity contribution >= 4 is 28.3 Å². The predicted molar refractivity (Wildman–Crippen MR) is 111 cm³/mol. The second-order valence-corrected chi connectivity index (χ2v) is 7.48. The molecule has 5 heteroatoms. The molecular formula is C22H21N3OS. The van der Waals surface area contributed by atoms with Crippen LogP contribution >= 0.6 is 11.3 Å². The molecule has 0 unspecified atom stereocenters. The van der Waals surface area contributed by atoms with Crippen molar-refractivity contribution in [3.63, 3.8) is 0 Å². The fourth-order valence-corrected chi connectivity index (χ4v) is 4.00. The van der Waals surface area contributed by atoms with Crippen LogP contribution in [0.2, 0.25) is 0 Å². The number of imidazole rings is 1. The van der Waals surface area contributed by atoms with Gasteiger partial charge in [0.25, 0.3) is 5.91 Å². The zero-order chi connectivity index (χ0) is 18.6. The van der Waals surface area contributed by atoms with Crippen LogP contribution in [0.25, 0.3) is 22.2 Å². The van der Waals surface area contributed by atoms with Gasteiger partial charge in [-0.2, -0.15) is 0 Å². The molecule has 1 N–H and O–H groups in total. The molecule has 0 fully saturated rings. The van der Waals surface area contributed by atoms with Gasteiger partial charge in [-0.1, -0.05) is 42.0 Å². The molecule has 2 aromatic carbocycles. The number of nitrogens with zero attached hydrogens (tertiary/aromatic N) is 2. The van der Waals surface area contributed by atoms with Crippen molar-refractivity contribution in [1.29, 1.82) is 0 Å². The summed E-state index contributed by atoms with van der Waals surface area (Å²) in [4.78, 5) is 17.8. The number of thiophene rings is 1. The summed E-state index contributed by atoms with van der Waals surface area (Å²) in [6.07, 6.45) is 2.72. The van der Waals surface area contributed by atoms with Gasteiger partial charge in [-0.05, 0) is 42.5 Å². The molecule has 27 heavy (non-hydrogen) atoms. The summed E-state index contributed by atoms with van der Waals surface area (Å²) in [6.45, 7) is 3.53. The molecule has 0 aliphatic rings. The first-order valence-electron chi connectivity index (χ1n) is 9.05. The molecule has 2 heterocycles. The lowest BCUT2D eigenvalue weighted by Crippen LogP contribution is -2.24. The van der Waals surface area contributed by atoms with Crippen LogP contribution in [0.3, 0.4) is 0 Å². The topological polar surface area (TPSA) is 46.9 Å². The zero-order valence-corrected chi connectivity index (χ0v) is 16.0. The third kappa shape index (κ3) is 3.78. The van der Waals surface area contributed by atoms with Crippen LogP contribution in [-0.4, -0.2) is 22.0 Å². The van der Waals surface area contributed by atoms with Gasteiger partial charge in [0.2, 0.25) is 0 Å². The SMILES string of the molecule is Cc1ccc(-c2ccsc2C(=O)NCCCn2cnc3ccccc32)cc1. The number of benzene rings is 2. The maximum atomic E-state index is 12.6. The summed E-state index contributed by atoms with van der Waals surface area (Å²) >= 11 is 1.49. The molecule has 2 aromatic heterocycles. The molecule has 0 atom stereocenters. The van der Waals surface area contributed by atoms with E-state index in [4.69, 9.17) is 0 Å². The molecular weight excluding hydrogens is 354 g/mol. The highest BCUT2D eigenvalue weighted by molar-refractivity contribution is 7.12. The van der Waals surface area contributed by atoms with Crippen molar-refractivity contribution in [1.82, 2.24) is 14.9 Å². The summed E-state index contributed by atoms with van der Waals surface area (Å²) in [5.41, 5.74) is 5.42. The van der Waals surface area contributed by atoms with E-state index in [1.165, 1.54) is 16.9 Å². The quantitative estimate of drug-likeness (QED) is 0.488. The molecule has 1 amide bonds. The van der Waals surface area contributed by atoms with Gasteiger partial charge in [-0.15, -0.1) is 11.3 Å². The first-order chi connectivity index (χ1) is 13.2. The van der Waals surface area contributed by atoms with E-state index in [1.54, 1.807) is 0 Å². The number of hydrogen-bond acceptors (Lipinski definition) is 3. The Morgan fingerprint density at radius 3 is 2.78 bits per heavy atom. The maximum Gasteiger partial charge on any atom is 0.261 e. The Kier molecular flexibility index (Phi) is 5.03. The average molecular weight is 375 g/mol. The van der Waals surface area contributed by atoms with Crippen molar-refractivity contribution in [3.05, 3.63) is 76.7 Å². The minimum atomic E-state index is -0.00364. The fourth-order valence-electron chi connectivity index (χ4n) is 3.17. The van der Waals surface area contributed by atoms with Crippen molar-refractivity contribution in [3.8, 4) is 11.1 Å². The van der Waals surface area contributed by atoms with E-state index in [-0.39, 0.29) is 5.91 Å². The van der Waals surface area contributed by atoms with Crippen LogP contribution in [0.4, 0.5) is 0 Å². The lowest BCUT2D eigenvalue weighted by Gasteiger charge is -2.08. The smallest absolute Gasteiger partial charge is 0.261 e. The number of fused-ring (bicyclic) bond motifs is 1. The fraction of sp³-hybridized carbons (Fsp3) is 0.182. The second kappa shape index (κ2) is 7.76. The standard InChI is InChI=1S/C22H21N3OS/c1-16-7-9-17(10-8-16)18-11-14-27-21(18)22(26)23-12-4-13-25-15-24-19-5-2-3-6-20(19)25/h2-3,5-11,14-15H,4,12-13H2,1H3,(H,23,26). The number of aryl methyl sites for hydroxylation is 2. The number of aromatic nitrogens is 2. The zero-order valence-electron chi connectivity index (χ0n) is 15.2. The minimum absolute atomic E-state index is 0.00364. The van der Waals surface area contributed by atoms with Gasteiger partial charge in [-0.25, -0.2) is 4.98 Å². The summed E-state index contributed by atoms with van der Waals surface area (Å²) < 4.78 is 2.13. The van der Waals surface area contributed by atoms with Gasteiger partial charge < -0.3 is 9.88 Å². The molecule has 4 aromatic rings. The number of rotatable bonds is 6. The average Bonchev–Trinajstić information content (AvgIpc) is 3.33. The molecule has 0 saturated heterocycles. The van der Waals surface area contributed by atoms with Crippen LogP contribution in [0.1, 0.15) is 21.7 Å². The molecule has 0 spiro atoms. The van der Waals surface area contributed by atoms with Gasteiger partial charge in [0, 0.05) is 18.7 Å². The number of amides is 1. The van der Waals surface area contributed by atoms with Gasteiger partial charge in [0.15, 0.2) is 0 Å². The molecule has 0 radical (unpaired) electrons. The lowest BCUT2D eigenvalue weighted by atomic mass is 10.0. The highest BCUT2D eigenvalue weighted by Crippen LogP contribution is 2.28. The van der Waals surface area contributed by atoms with Crippen LogP contribution in [-0.2, 0) is 6.54 Å². The first-order valence-corrected chi connectivity index (χ1v) is 9.93. The van der Waals surface area contributed by atoms with E-state index >= 15 is 0 Å². The lowest BCUT2D eigenvalue weighted by molar-refractivity contribution is 0.0957. The molecule has 4 nitrogen and oxygen atoms in total. The molecule has 4 rings (SSSR count). The number of nitrogens with one attached hydrogen (secondary N) is 1. The summed E-state index contributed by atoms with van der Waals surface area (Å²) in [7, 11) is 0. The Morgan fingerprint density at radius 1 is 1.11 bits per heavy atom. The number of carbonyl (C=O) groups is 1. The van der Waals surface area contributed by atoms with Crippen LogP contribution in [0.5, 0.6) is 0 Å². The van der Waals surface area contributed by atoms with E-state index in [0.29, 0.717) is 6.54 Å². The Morgan fingerprint density at radius 2 is 1.93 bits per heavy atom. The Labute approximate surface area is 162 Å². The van der Waals surface area contributed by atoms with Gasteiger partial charge in [-0.3, -0.25) is 4.79 Å². The van der Waals surface area contributed by atoms with E-state index in [2.05, 4.69) is 52.1 Å². The molecule has 0 bridgehead atoms. The number of carbonyl (C=O) groups excluding carboxylic acids is 1. The molecule has 0 aliphatic carbocycles. The van der Waals surface area contributed by atoms with E-state index in [1.807, 2.05) is 36.0 Å². The largest absolute Gasteiger partial charge is 0.351 e.